The van der Waals surface area contributed by atoms with E-state index in [0.29, 0.717) is 0 Å². The highest BCUT2D eigenvalue weighted by atomic mass is 14.6. The fraction of sp³-hybridized carbons (Fsp3) is 0.289. The second kappa shape index (κ2) is 10.4. The average molecular weight is 587 g/mol. The molecule has 7 rings (SSSR count). The van der Waals surface area contributed by atoms with E-state index in [1.165, 1.54) is 66.8 Å². The molecule has 0 saturated heterocycles. The summed E-state index contributed by atoms with van der Waals surface area (Å²) in [7, 11) is 0. The summed E-state index contributed by atoms with van der Waals surface area (Å²) in [6.07, 6.45) is 2.48. The zero-order valence-corrected chi connectivity index (χ0v) is 28.2. The van der Waals surface area contributed by atoms with Crippen molar-refractivity contribution < 1.29 is 0 Å². The van der Waals surface area contributed by atoms with Crippen molar-refractivity contribution in [2.75, 3.05) is 0 Å². The second-order valence-corrected chi connectivity index (χ2v) is 15.5. The molecule has 0 radical (unpaired) electrons. The number of benzene rings is 5. The van der Waals surface area contributed by atoms with Crippen LogP contribution in [0.1, 0.15) is 110 Å². The zero-order chi connectivity index (χ0) is 31.7. The van der Waals surface area contributed by atoms with E-state index in [2.05, 4.69) is 177 Å². The quantitative estimate of drug-likeness (QED) is 0.196. The number of allylic oxidation sites excluding steroid dienone is 1. The van der Waals surface area contributed by atoms with Gasteiger partial charge in [0.1, 0.15) is 0 Å². The van der Waals surface area contributed by atoms with Gasteiger partial charge in [-0.15, -0.1) is 0 Å². The van der Waals surface area contributed by atoms with Crippen LogP contribution in [0.25, 0.3) is 17.2 Å². The number of fused-ring (bicyclic) bond motifs is 4. The van der Waals surface area contributed by atoms with Crippen molar-refractivity contribution in [2.45, 2.75) is 83.5 Å². The van der Waals surface area contributed by atoms with Gasteiger partial charge in [0.2, 0.25) is 0 Å². The molecule has 1 atom stereocenters. The minimum absolute atomic E-state index is 0.0416. The van der Waals surface area contributed by atoms with Gasteiger partial charge in [-0.1, -0.05) is 168 Å². The summed E-state index contributed by atoms with van der Waals surface area (Å²) >= 11 is 0. The van der Waals surface area contributed by atoms with Crippen LogP contribution in [0.2, 0.25) is 0 Å². The van der Waals surface area contributed by atoms with Gasteiger partial charge in [-0.25, -0.2) is 0 Å². The molecule has 226 valence electrons. The van der Waals surface area contributed by atoms with Crippen LogP contribution in [0, 0.1) is 6.92 Å². The van der Waals surface area contributed by atoms with Gasteiger partial charge in [0.15, 0.2) is 0 Å². The summed E-state index contributed by atoms with van der Waals surface area (Å²) in [6.45, 7) is 18.7. The Bertz CT molecular complexity index is 1820. The van der Waals surface area contributed by atoms with Gasteiger partial charge in [-0.3, -0.25) is 0 Å². The first-order valence-corrected chi connectivity index (χ1v) is 16.6. The van der Waals surface area contributed by atoms with Crippen LogP contribution < -0.4 is 0 Å². The van der Waals surface area contributed by atoms with Gasteiger partial charge >= 0.3 is 0 Å². The fourth-order valence-electron chi connectivity index (χ4n) is 8.43. The average Bonchev–Trinajstić information content (AvgIpc) is 3.53. The summed E-state index contributed by atoms with van der Waals surface area (Å²) in [6, 6.07) is 44.5. The Morgan fingerprint density at radius 3 is 1.40 bits per heavy atom. The minimum atomic E-state index is -0.394. The highest BCUT2D eigenvalue weighted by molar-refractivity contribution is 5.83. The van der Waals surface area contributed by atoms with Gasteiger partial charge in [-0.2, -0.15) is 0 Å². The van der Waals surface area contributed by atoms with Crippen LogP contribution in [-0.2, 0) is 16.2 Å². The van der Waals surface area contributed by atoms with Crippen molar-refractivity contribution >= 4 is 6.08 Å². The fourth-order valence-corrected chi connectivity index (χ4v) is 8.43. The molecule has 0 bridgehead atoms. The molecular weight excluding hydrogens is 540 g/mol. The Morgan fingerprint density at radius 1 is 0.444 bits per heavy atom. The van der Waals surface area contributed by atoms with Crippen molar-refractivity contribution in [3.63, 3.8) is 0 Å². The number of hydrogen-bond acceptors (Lipinski definition) is 0. The SMILES string of the molecule is CC1=Cc2c(C)cccc2C1C(c1ccccc1)(c1ccccc1)C1c2cc(C(C)(C)C)ccc2-c2ccc(C(C)(C)C)cc21. The van der Waals surface area contributed by atoms with Crippen molar-refractivity contribution in [3.8, 4) is 11.1 Å². The Morgan fingerprint density at radius 2 is 0.933 bits per heavy atom. The Kier molecular flexibility index (Phi) is 6.86. The molecule has 0 saturated carbocycles. The molecule has 0 N–H and O–H groups in total. The van der Waals surface area contributed by atoms with E-state index in [4.69, 9.17) is 0 Å². The second-order valence-electron chi connectivity index (χ2n) is 15.5. The molecule has 5 aromatic rings. The molecule has 0 nitrogen and oxygen atoms in total. The highest BCUT2D eigenvalue weighted by Gasteiger charge is 2.55. The van der Waals surface area contributed by atoms with Crippen LogP contribution >= 0.6 is 0 Å². The zero-order valence-electron chi connectivity index (χ0n) is 28.2. The van der Waals surface area contributed by atoms with Crippen LogP contribution in [0.4, 0.5) is 0 Å². The van der Waals surface area contributed by atoms with E-state index in [0.717, 1.165) is 0 Å². The first-order chi connectivity index (χ1) is 21.4. The third kappa shape index (κ3) is 4.56. The van der Waals surface area contributed by atoms with Gasteiger partial charge < -0.3 is 0 Å². The molecule has 45 heavy (non-hydrogen) atoms. The molecule has 0 amide bonds. The lowest BCUT2D eigenvalue weighted by atomic mass is 9.54. The third-order valence-electron chi connectivity index (χ3n) is 10.7. The minimum Gasteiger partial charge on any atom is -0.0639 e. The summed E-state index contributed by atoms with van der Waals surface area (Å²) in [5.74, 6) is 0.272. The smallest absolute Gasteiger partial charge is 0.0418 e. The van der Waals surface area contributed by atoms with Gasteiger partial charge in [-0.05, 0) is 85.9 Å². The Hall–Kier alpha value is -4.16. The summed E-state index contributed by atoms with van der Waals surface area (Å²) < 4.78 is 0. The largest absolute Gasteiger partial charge is 0.0639 e. The molecule has 2 aliphatic carbocycles. The van der Waals surface area contributed by atoms with E-state index in [-0.39, 0.29) is 22.7 Å². The standard InChI is InChI=1S/C45H46/c1-29-16-15-21-37-38(29)26-30(2)41(37)45(31-17-11-9-12-18-31,32-19-13-10-14-20-32)42-39-27-33(43(3,4)5)22-24-35(39)36-25-23-34(28-40(36)42)44(6,7)8/h9-28,41-42H,1-8H3. The van der Waals surface area contributed by atoms with E-state index < -0.39 is 5.41 Å². The van der Waals surface area contributed by atoms with E-state index >= 15 is 0 Å². The maximum atomic E-state index is 2.56. The summed E-state index contributed by atoms with van der Waals surface area (Å²) in [5.41, 5.74) is 16.5. The van der Waals surface area contributed by atoms with Gasteiger partial charge in [0, 0.05) is 17.3 Å². The lowest BCUT2D eigenvalue weighted by Gasteiger charge is -2.47. The van der Waals surface area contributed by atoms with Crippen LogP contribution in [0.5, 0.6) is 0 Å². The number of rotatable bonds is 4. The molecule has 1 unspecified atom stereocenters. The lowest BCUT2D eigenvalue weighted by Crippen LogP contribution is -2.41. The van der Waals surface area contributed by atoms with Crippen molar-refractivity contribution in [1.82, 2.24) is 0 Å². The number of hydrogen-bond donors (Lipinski definition) is 0. The maximum absolute atomic E-state index is 2.56. The monoisotopic (exact) mass is 586 g/mol. The van der Waals surface area contributed by atoms with E-state index in [1.807, 2.05) is 0 Å². The Balaban J connectivity index is 1.67. The highest BCUT2D eigenvalue weighted by Crippen LogP contribution is 2.65. The predicted octanol–water partition coefficient (Wildman–Crippen LogP) is 11.9. The van der Waals surface area contributed by atoms with Crippen molar-refractivity contribution in [3.05, 3.63) is 171 Å². The molecule has 0 heterocycles. The van der Waals surface area contributed by atoms with E-state index in [1.54, 1.807) is 0 Å². The molecule has 0 heteroatoms. The van der Waals surface area contributed by atoms with Gasteiger partial charge in [0.25, 0.3) is 0 Å². The summed E-state index contributed by atoms with van der Waals surface area (Å²) in [4.78, 5) is 0. The molecule has 5 aromatic carbocycles. The molecule has 0 aliphatic heterocycles. The maximum Gasteiger partial charge on any atom is 0.0418 e. The van der Waals surface area contributed by atoms with Gasteiger partial charge in [0.05, 0.1) is 0 Å². The first kappa shape index (κ1) is 29.5. The topological polar surface area (TPSA) is 0 Å². The lowest BCUT2D eigenvalue weighted by molar-refractivity contribution is 0.404. The third-order valence-corrected chi connectivity index (χ3v) is 10.7. The van der Waals surface area contributed by atoms with Crippen LogP contribution in [0.15, 0.2) is 121 Å². The molecule has 2 aliphatic rings. The molecule has 0 aromatic heterocycles. The van der Waals surface area contributed by atoms with Crippen LogP contribution in [-0.4, -0.2) is 0 Å². The molecular formula is C45H46. The summed E-state index contributed by atoms with van der Waals surface area (Å²) in [5, 5.41) is 0. The van der Waals surface area contributed by atoms with E-state index in [9.17, 15) is 0 Å². The molecule has 0 fully saturated rings. The first-order valence-electron chi connectivity index (χ1n) is 16.6. The van der Waals surface area contributed by atoms with Crippen molar-refractivity contribution in [2.24, 2.45) is 0 Å². The van der Waals surface area contributed by atoms with Crippen LogP contribution in [0.3, 0.4) is 0 Å². The predicted molar refractivity (Wildman–Crippen MR) is 192 cm³/mol. The van der Waals surface area contributed by atoms with Crippen molar-refractivity contribution in [1.29, 1.82) is 0 Å². The normalized spacial score (nSPS) is 16.3. The molecule has 0 spiro atoms. The number of aryl methyl sites for hydroxylation is 1. The Labute approximate surface area is 270 Å².